The van der Waals surface area contributed by atoms with Crippen LogP contribution >= 0.6 is 11.6 Å². The molecule has 1 aliphatic carbocycles. The zero-order chi connectivity index (χ0) is 17.1. The topological polar surface area (TPSA) is 35.8 Å². The zero-order valence-corrected chi connectivity index (χ0v) is 15.1. The summed E-state index contributed by atoms with van der Waals surface area (Å²) in [5, 5.41) is 5.44. The monoisotopic (exact) mass is 353 g/mol. The number of anilines is 1. The minimum Gasteiger partial charge on any atom is -0.316 e. The predicted molar refractivity (Wildman–Crippen MR) is 102 cm³/mol. The maximum atomic E-state index is 6.60. The number of aromatic nitrogens is 1. The molecule has 0 bridgehead atoms. The van der Waals surface area contributed by atoms with Crippen LogP contribution < -0.4 is 10.3 Å². The third kappa shape index (κ3) is 2.09. The molecule has 1 aromatic heterocycles. The third-order valence-electron chi connectivity index (χ3n) is 5.15. The Hall–Kier alpha value is -2.24. The molecule has 1 N–H and O–H groups in total. The second kappa shape index (κ2) is 5.38. The van der Waals surface area contributed by atoms with Crippen LogP contribution in [0.5, 0.6) is 0 Å². The number of amidine groups is 1. The van der Waals surface area contributed by atoms with Crippen LogP contribution in [0.3, 0.4) is 0 Å². The molecule has 3 heterocycles. The van der Waals surface area contributed by atoms with Crippen molar-refractivity contribution in [1.29, 1.82) is 0 Å². The Balaban J connectivity index is 1.85. The van der Waals surface area contributed by atoms with Crippen molar-refractivity contribution in [2.45, 2.75) is 18.9 Å². The Morgan fingerprint density at radius 3 is 3.08 bits per heavy atom. The number of para-hydroxylation sites is 1. The molecule has 0 amide bonds. The molecule has 25 heavy (non-hydrogen) atoms. The molecular formula is C19H20ClN5. The summed E-state index contributed by atoms with van der Waals surface area (Å²) >= 11 is 6.60. The van der Waals surface area contributed by atoms with E-state index >= 15 is 0 Å². The van der Waals surface area contributed by atoms with Crippen molar-refractivity contribution in [3.05, 3.63) is 52.3 Å². The summed E-state index contributed by atoms with van der Waals surface area (Å²) in [6.07, 6.45) is 7.38. The molecule has 0 saturated carbocycles. The molecule has 0 spiro atoms. The first-order valence-corrected chi connectivity index (χ1v) is 8.95. The zero-order valence-electron chi connectivity index (χ0n) is 14.3. The summed E-state index contributed by atoms with van der Waals surface area (Å²) in [5.74, 6) is 1.31. The van der Waals surface area contributed by atoms with Crippen molar-refractivity contribution in [2.75, 3.05) is 25.7 Å². The van der Waals surface area contributed by atoms with E-state index in [1.165, 1.54) is 22.6 Å². The van der Waals surface area contributed by atoms with Gasteiger partial charge < -0.3 is 14.4 Å². The Morgan fingerprint density at radius 2 is 2.24 bits per heavy atom. The molecule has 1 atom stereocenters. The molecule has 0 saturated heterocycles. The van der Waals surface area contributed by atoms with Crippen molar-refractivity contribution >= 4 is 29.2 Å². The number of allylic oxidation sites excluding steroid dienone is 1. The number of nitrogens with one attached hydrogen (secondary N) is 1. The molecule has 5 nitrogen and oxygen atoms in total. The standard InChI is InChI=1S/C19H20ClN5/c1-23(2)9-12-5-3-8-16-17(12)24-10-15(20)13-6-4-7-14(18(13)24)19-22-21-11-25(16)19/h3-6,8,10,14,21H,7,9,11H2,1-2H3. The Labute approximate surface area is 152 Å². The average molecular weight is 354 g/mol. The fourth-order valence-electron chi connectivity index (χ4n) is 4.22. The predicted octanol–water partition coefficient (Wildman–Crippen LogP) is 3.39. The SMILES string of the molecule is CN(C)Cc1cccc2c1-n1cc(Cl)c3c1C(CC=C3)C1=NNCN12. The van der Waals surface area contributed by atoms with Crippen LogP contribution in [0.2, 0.25) is 5.02 Å². The van der Waals surface area contributed by atoms with Gasteiger partial charge in [-0.3, -0.25) is 5.43 Å². The maximum absolute atomic E-state index is 6.60. The van der Waals surface area contributed by atoms with Crippen LogP contribution in [0.1, 0.15) is 29.2 Å². The lowest BCUT2D eigenvalue weighted by atomic mass is 9.91. The molecule has 3 aliphatic rings. The van der Waals surface area contributed by atoms with Crippen molar-refractivity contribution in [1.82, 2.24) is 14.9 Å². The highest BCUT2D eigenvalue weighted by atomic mass is 35.5. The van der Waals surface area contributed by atoms with Crippen LogP contribution in [-0.4, -0.2) is 36.1 Å². The van der Waals surface area contributed by atoms with Crippen molar-refractivity contribution in [2.24, 2.45) is 5.10 Å². The van der Waals surface area contributed by atoms with Gasteiger partial charge in [0.2, 0.25) is 0 Å². The van der Waals surface area contributed by atoms with Crippen LogP contribution in [0.25, 0.3) is 11.8 Å². The highest BCUT2D eigenvalue weighted by Crippen LogP contribution is 2.45. The largest absolute Gasteiger partial charge is 0.316 e. The van der Waals surface area contributed by atoms with Crippen molar-refractivity contribution in [3.63, 3.8) is 0 Å². The van der Waals surface area contributed by atoms with E-state index in [0.717, 1.165) is 29.4 Å². The van der Waals surface area contributed by atoms with Crippen LogP contribution in [0, 0.1) is 0 Å². The third-order valence-corrected chi connectivity index (χ3v) is 5.45. The van der Waals surface area contributed by atoms with Gasteiger partial charge in [0, 0.05) is 24.0 Å². The van der Waals surface area contributed by atoms with Gasteiger partial charge in [0.25, 0.3) is 0 Å². The summed E-state index contributed by atoms with van der Waals surface area (Å²) in [4.78, 5) is 4.51. The lowest BCUT2D eigenvalue weighted by molar-refractivity contribution is 0.402. The molecule has 0 radical (unpaired) electrons. The second-order valence-electron chi connectivity index (χ2n) is 7.07. The Morgan fingerprint density at radius 1 is 1.36 bits per heavy atom. The molecule has 2 aliphatic heterocycles. The summed E-state index contributed by atoms with van der Waals surface area (Å²) in [5.41, 5.74) is 9.25. The maximum Gasteiger partial charge on any atom is 0.140 e. The van der Waals surface area contributed by atoms with E-state index in [9.17, 15) is 0 Å². The number of fused-ring (bicyclic) bond motifs is 5. The van der Waals surface area contributed by atoms with E-state index in [2.05, 4.69) is 75.5 Å². The number of halogens is 1. The van der Waals surface area contributed by atoms with E-state index in [1.54, 1.807) is 0 Å². The smallest absolute Gasteiger partial charge is 0.140 e. The normalized spacial score (nSPS) is 19.9. The Bertz CT molecular complexity index is 924. The molecule has 6 heteroatoms. The van der Waals surface area contributed by atoms with Gasteiger partial charge in [-0.05, 0) is 32.1 Å². The summed E-state index contributed by atoms with van der Waals surface area (Å²) < 4.78 is 2.31. The van der Waals surface area contributed by atoms with Crippen LogP contribution in [0.15, 0.2) is 35.6 Å². The van der Waals surface area contributed by atoms with Gasteiger partial charge in [0.1, 0.15) is 12.5 Å². The number of hydrogen-bond donors (Lipinski definition) is 1. The first kappa shape index (κ1) is 15.0. The highest BCUT2D eigenvalue weighted by molar-refractivity contribution is 6.32. The van der Waals surface area contributed by atoms with Gasteiger partial charge in [-0.1, -0.05) is 35.9 Å². The minimum absolute atomic E-state index is 0.224. The lowest BCUT2D eigenvalue weighted by Gasteiger charge is -2.24. The van der Waals surface area contributed by atoms with Gasteiger partial charge in [0.05, 0.1) is 22.3 Å². The fraction of sp³-hybridized carbons (Fsp3) is 0.316. The minimum atomic E-state index is 0.224. The number of hydrazone groups is 1. The molecule has 0 fully saturated rings. The van der Waals surface area contributed by atoms with E-state index < -0.39 is 0 Å². The van der Waals surface area contributed by atoms with E-state index in [0.29, 0.717) is 6.67 Å². The van der Waals surface area contributed by atoms with Gasteiger partial charge in [-0.2, -0.15) is 5.10 Å². The Kier molecular flexibility index (Phi) is 3.24. The van der Waals surface area contributed by atoms with Gasteiger partial charge in [-0.25, -0.2) is 0 Å². The number of benzene rings is 1. The first-order valence-electron chi connectivity index (χ1n) is 8.57. The quantitative estimate of drug-likeness (QED) is 0.899. The molecule has 128 valence electrons. The summed E-state index contributed by atoms with van der Waals surface area (Å²) in [7, 11) is 4.20. The number of rotatable bonds is 2. The van der Waals surface area contributed by atoms with Crippen molar-refractivity contribution < 1.29 is 0 Å². The highest BCUT2D eigenvalue weighted by Gasteiger charge is 2.38. The molecule has 1 aromatic carbocycles. The van der Waals surface area contributed by atoms with Gasteiger partial charge in [-0.15, -0.1) is 0 Å². The first-order chi connectivity index (χ1) is 12.1. The lowest BCUT2D eigenvalue weighted by Crippen LogP contribution is -2.32. The van der Waals surface area contributed by atoms with Crippen LogP contribution in [-0.2, 0) is 6.54 Å². The molecule has 1 unspecified atom stereocenters. The second-order valence-corrected chi connectivity index (χ2v) is 7.48. The van der Waals surface area contributed by atoms with E-state index in [4.69, 9.17) is 11.6 Å². The van der Waals surface area contributed by atoms with Crippen LogP contribution in [0.4, 0.5) is 5.69 Å². The fourth-order valence-corrected chi connectivity index (χ4v) is 4.47. The molecule has 5 rings (SSSR count). The summed E-state index contributed by atoms with van der Waals surface area (Å²) in [6.45, 7) is 1.59. The van der Waals surface area contributed by atoms with Crippen molar-refractivity contribution in [3.8, 4) is 5.69 Å². The molecular weight excluding hydrogens is 334 g/mol. The van der Waals surface area contributed by atoms with Gasteiger partial charge >= 0.3 is 0 Å². The average Bonchev–Trinajstić information content (AvgIpc) is 3.17. The van der Waals surface area contributed by atoms with E-state index in [1.807, 2.05) is 0 Å². The summed E-state index contributed by atoms with van der Waals surface area (Å²) in [6, 6.07) is 6.53. The molecule has 2 aromatic rings. The number of hydrogen-bond acceptors (Lipinski definition) is 4. The number of nitrogens with zero attached hydrogens (tertiary/aromatic N) is 4. The van der Waals surface area contributed by atoms with Gasteiger partial charge in [0.15, 0.2) is 0 Å². The van der Waals surface area contributed by atoms with E-state index in [-0.39, 0.29) is 5.92 Å².